The Morgan fingerprint density at radius 3 is 2.32 bits per heavy atom. The van der Waals surface area contributed by atoms with Crippen LogP contribution in [-0.2, 0) is 9.84 Å². The van der Waals surface area contributed by atoms with Crippen molar-refractivity contribution in [2.75, 3.05) is 19.4 Å². The van der Waals surface area contributed by atoms with Crippen LogP contribution in [0.2, 0.25) is 0 Å². The van der Waals surface area contributed by atoms with Gasteiger partial charge in [-0.15, -0.1) is 0 Å². The average molecular weight is 284 g/mol. The van der Waals surface area contributed by atoms with Crippen LogP contribution in [-0.4, -0.2) is 38.6 Å². The Morgan fingerprint density at radius 1 is 1.32 bits per heavy atom. The third-order valence-corrected chi connectivity index (χ3v) is 6.21. The summed E-state index contributed by atoms with van der Waals surface area (Å²) in [4.78, 5) is 0. The van der Waals surface area contributed by atoms with E-state index in [1.165, 1.54) is 0 Å². The van der Waals surface area contributed by atoms with E-state index >= 15 is 0 Å². The molecule has 1 aliphatic rings. The Balaban J connectivity index is 2.34. The zero-order valence-corrected chi connectivity index (χ0v) is 12.0. The minimum Gasteiger partial charge on any atom is -0.497 e. The van der Waals surface area contributed by atoms with E-state index in [4.69, 9.17) is 16.2 Å². The van der Waals surface area contributed by atoms with Gasteiger partial charge >= 0.3 is 0 Å². The molecule has 0 aliphatic heterocycles. The molecule has 0 amide bonds. The van der Waals surface area contributed by atoms with Gasteiger partial charge in [0.2, 0.25) is 0 Å². The Labute approximate surface area is 113 Å². The van der Waals surface area contributed by atoms with Gasteiger partial charge < -0.3 is 16.2 Å². The Kier molecular flexibility index (Phi) is 3.59. The van der Waals surface area contributed by atoms with Crippen LogP contribution in [0.4, 0.5) is 0 Å². The predicted octanol–water partition coefficient (Wildman–Crippen LogP) is 0.252. The van der Waals surface area contributed by atoms with E-state index in [0.29, 0.717) is 0 Å². The summed E-state index contributed by atoms with van der Waals surface area (Å²) in [5, 5.41) is -0.580. The number of ether oxygens (including phenoxy) is 1. The Morgan fingerprint density at radius 2 is 1.89 bits per heavy atom. The molecule has 5 nitrogen and oxygen atoms in total. The SMILES string of the molecule is CCS(=O)(=O)[C@@H]1[C@@H](c2ccc(OC)cc2)[C@]1(N)CN. The molecule has 6 heteroatoms. The van der Waals surface area contributed by atoms with Crippen LogP contribution in [0.1, 0.15) is 18.4 Å². The quantitative estimate of drug-likeness (QED) is 0.808. The molecular formula is C13H20N2O3S. The van der Waals surface area contributed by atoms with Crippen molar-refractivity contribution >= 4 is 9.84 Å². The van der Waals surface area contributed by atoms with Crippen molar-refractivity contribution in [3.8, 4) is 5.75 Å². The molecule has 1 aliphatic carbocycles. The van der Waals surface area contributed by atoms with E-state index in [9.17, 15) is 8.42 Å². The number of benzene rings is 1. The maximum atomic E-state index is 12.1. The average Bonchev–Trinajstić information content (AvgIpc) is 3.07. The van der Waals surface area contributed by atoms with Gasteiger partial charge in [0, 0.05) is 18.2 Å². The van der Waals surface area contributed by atoms with Gasteiger partial charge in [-0.05, 0) is 17.7 Å². The van der Waals surface area contributed by atoms with Gasteiger partial charge in [0.15, 0.2) is 9.84 Å². The fourth-order valence-electron chi connectivity index (χ4n) is 2.68. The summed E-state index contributed by atoms with van der Waals surface area (Å²) in [6.45, 7) is 1.79. The van der Waals surface area contributed by atoms with Gasteiger partial charge in [0.05, 0.1) is 17.9 Å². The summed E-state index contributed by atoms with van der Waals surface area (Å²) in [6, 6.07) is 7.32. The van der Waals surface area contributed by atoms with Crippen molar-refractivity contribution in [1.82, 2.24) is 0 Å². The third-order valence-electron chi connectivity index (χ3n) is 3.92. The lowest BCUT2D eigenvalue weighted by Crippen LogP contribution is -2.39. The summed E-state index contributed by atoms with van der Waals surface area (Å²) in [5.74, 6) is 0.589. The molecule has 0 bridgehead atoms. The minimum absolute atomic E-state index is 0.0866. The first-order valence-electron chi connectivity index (χ1n) is 6.25. The smallest absolute Gasteiger partial charge is 0.155 e. The monoisotopic (exact) mass is 284 g/mol. The van der Waals surface area contributed by atoms with Gasteiger partial charge in [-0.1, -0.05) is 19.1 Å². The van der Waals surface area contributed by atoms with Crippen LogP contribution in [0.5, 0.6) is 5.75 Å². The van der Waals surface area contributed by atoms with Crippen LogP contribution < -0.4 is 16.2 Å². The van der Waals surface area contributed by atoms with Gasteiger partial charge in [-0.25, -0.2) is 8.42 Å². The zero-order valence-electron chi connectivity index (χ0n) is 11.2. The summed E-state index contributed by atoms with van der Waals surface area (Å²) in [5.41, 5.74) is 11.9. The van der Waals surface area contributed by atoms with Crippen LogP contribution in [0.3, 0.4) is 0 Å². The summed E-state index contributed by atoms with van der Waals surface area (Å²) >= 11 is 0. The second kappa shape index (κ2) is 4.77. The largest absolute Gasteiger partial charge is 0.497 e. The number of nitrogens with two attached hydrogens (primary N) is 2. The number of rotatable bonds is 5. The standard InChI is InChI=1S/C13H20N2O3S/c1-3-19(16,17)12-11(13(12,15)8-14)9-4-6-10(18-2)7-5-9/h4-7,11-12H,3,8,14-15H2,1-2H3/t11-,12-,13-/m1/s1. The van der Waals surface area contributed by atoms with Crippen LogP contribution >= 0.6 is 0 Å². The zero-order chi connectivity index (χ0) is 14.3. The van der Waals surface area contributed by atoms with Crippen LogP contribution in [0.25, 0.3) is 0 Å². The molecule has 3 atom stereocenters. The molecule has 2 rings (SSSR count). The van der Waals surface area contributed by atoms with E-state index < -0.39 is 20.6 Å². The highest BCUT2D eigenvalue weighted by Crippen LogP contribution is 2.53. The molecule has 1 fully saturated rings. The summed E-state index contributed by atoms with van der Waals surface area (Å²) < 4.78 is 29.3. The molecule has 0 saturated heterocycles. The van der Waals surface area contributed by atoms with Crippen molar-refractivity contribution in [2.45, 2.75) is 23.6 Å². The highest BCUT2D eigenvalue weighted by molar-refractivity contribution is 7.92. The van der Waals surface area contributed by atoms with Gasteiger partial charge in [0.1, 0.15) is 5.75 Å². The first-order chi connectivity index (χ1) is 8.90. The van der Waals surface area contributed by atoms with E-state index in [-0.39, 0.29) is 18.2 Å². The molecule has 4 N–H and O–H groups in total. The first kappa shape index (κ1) is 14.3. The second-order valence-electron chi connectivity index (χ2n) is 4.94. The number of hydrogen-bond donors (Lipinski definition) is 2. The lowest BCUT2D eigenvalue weighted by Gasteiger charge is -2.08. The van der Waals surface area contributed by atoms with Crippen molar-refractivity contribution in [3.63, 3.8) is 0 Å². The normalized spacial score (nSPS) is 30.1. The molecular weight excluding hydrogens is 264 g/mol. The maximum Gasteiger partial charge on any atom is 0.155 e. The van der Waals surface area contributed by atoms with E-state index in [1.807, 2.05) is 12.1 Å². The lowest BCUT2D eigenvalue weighted by molar-refractivity contribution is 0.414. The summed E-state index contributed by atoms with van der Waals surface area (Å²) in [7, 11) is -1.61. The highest BCUT2D eigenvalue weighted by Gasteiger charge is 2.67. The lowest BCUT2D eigenvalue weighted by atomic mass is 10.1. The molecule has 0 unspecified atom stereocenters. The van der Waals surface area contributed by atoms with E-state index in [0.717, 1.165) is 11.3 Å². The molecule has 1 aromatic carbocycles. The molecule has 19 heavy (non-hydrogen) atoms. The van der Waals surface area contributed by atoms with Crippen molar-refractivity contribution in [3.05, 3.63) is 29.8 Å². The second-order valence-corrected chi connectivity index (χ2v) is 7.35. The van der Waals surface area contributed by atoms with Gasteiger partial charge in [-0.2, -0.15) is 0 Å². The van der Waals surface area contributed by atoms with Crippen molar-refractivity contribution in [2.24, 2.45) is 11.5 Å². The van der Waals surface area contributed by atoms with E-state index in [2.05, 4.69) is 0 Å². The van der Waals surface area contributed by atoms with Gasteiger partial charge in [0.25, 0.3) is 0 Å². The third kappa shape index (κ3) is 2.24. The molecule has 0 heterocycles. The molecule has 106 valence electrons. The van der Waals surface area contributed by atoms with Crippen LogP contribution in [0, 0.1) is 0 Å². The number of hydrogen-bond acceptors (Lipinski definition) is 5. The molecule has 1 aromatic rings. The first-order valence-corrected chi connectivity index (χ1v) is 7.96. The highest BCUT2D eigenvalue weighted by atomic mass is 32.2. The Hall–Kier alpha value is -1.11. The predicted molar refractivity (Wildman–Crippen MR) is 75.0 cm³/mol. The molecule has 0 spiro atoms. The molecule has 1 saturated carbocycles. The number of sulfone groups is 1. The topological polar surface area (TPSA) is 95.4 Å². The van der Waals surface area contributed by atoms with Crippen molar-refractivity contribution < 1.29 is 13.2 Å². The Bertz CT molecular complexity index is 556. The van der Waals surface area contributed by atoms with Crippen LogP contribution in [0.15, 0.2) is 24.3 Å². The molecule has 0 aromatic heterocycles. The minimum atomic E-state index is -3.19. The fourth-order valence-corrected chi connectivity index (χ4v) is 4.70. The fraction of sp³-hybridized carbons (Fsp3) is 0.538. The van der Waals surface area contributed by atoms with Crippen molar-refractivity contribution in [1.29, 1.82) is 0 Å². The summed E-state index contributed by atoms with van der Waals surface area (Å²) in [6.07, 6.45) is 0. The molecule has 0 radical (unpaired) electrons. The van der Waals surface area contributed by atoms with Gasteiger partial charge in [-0.3, -0.25) is 0 Å². The number of methoxy groups -OCH3 is 1. The maximum absolute atomic E-state index is 12.1. The van der Waals surface area contributed by atoms with E-state index in [1.54, 1.807) is 26.2 Å².